The van der Waals surface area contributed by atoms with Crippen LogP contribution in [0.1, 0.15) is 32.3 Å². The number of rotatable bonds is 8. The highest BCUT2D eigenvalue weighted by Crippen LogP contribution is 2.23. The van der Waals surface area contributed by atoms with Crippen LogP contribution in [-0.2, 0) is 14.8 Å². The van der Waals surface area contributed by atoms with Crippen molar-refractivity contribution in [1.82, 2.24) is 4.31 Å². The lowest BCUT2D eigenvalue weighted by Gasteiger charge is -2.19. The van der Waals surface area contributed by atoms with Crippen LogP contribution < -0.4 is 5.32 Å². The Morgan fingerprint density at radius 1 is 1.27 bits per heavy atom. The zero-order valence-electron chi connectivity index (χ0n) is 13.2. The number of amides is 1. The fraction of sp³-hybridized carbons (Fsp3) is 0.533. The first-order chi connectivity index (χ1) is 10.4. The van der Waals surface area contributed by atoms with Gasteiger partial charge < -0.3 is 5.32 Å². The largest absolute Gasteiger partial charge is 0.326 e. The Kier molecular flexibility index (Phi) is 7.32. The number of benzene rings is 1. The highest BCUT2D eigenvalue weighted by Gasteiger charge is 2.22. The van der Waals surface area contributed by atoms with Crippen molar-refractivity contribution in [2.24, 2.45) is 0 Å². The molecule has 0 fully saturated rings. The number of alkyl halides is 1. The maximum Gasteiger partial charge on any atom is 0.243 e. The highest BCUT2D eigenvalue weighted by atomic mass is 35.5. The van der Waals surface area contributed by atoms with Crippen LogP contribution in [0, 0.1) is 6.92 Å². The number of halogens is 1. The third-order valence-corrected chi connectivity index (χ3v) is 5.68. The van der Waals surface area contributed by atoms with Crippen LogP contribution >= 0.6 is 11.6 Å². The van der Waals surface area contributed by atoms with Crippen LogP contribution in [0.2, 0.25) is 0 Å². The van der Waals surface area contributed by atoms with Crippen LogP contribution in [0.5, 0.6) is 0 Å². The Labute approximate surface area is 137 Å². The van der Waals surface area contributed by atoms with Crippen LogP contribution in [0.15, 0.2) is 23.1 Å². The summed E-state index contributed by atoms with van der Waals surface area (Å²) in [6, 6.07) is 4.78. The second kappa shape index (κ2) is 8.50. The molecule has 0 spiro atoms. The van der Waals surface area contributed by atoms with Gasteiger partial charge in [-0.25, -0.2) is 8.42 Å². The van der Waals surface area contributed by atoms with Crippen molar-refractivity contribution in [3.63, 3.8) is 0 Å². The average molecular weight is 347 g/mol. The first-order valence-corrected chi connectivity index (χ1v) is 9.30. The highest BCUT2D eigenvalue weighted by molar-refractivity contribution is 7.89. The van der Waals surface area contributed by atoms with E-state index in [2.05, 4.69) is 5.32 Å². The molecule has 1 rings (SSSR count). The van der Waals surface area contributed by atoms with Crippen molar-refractivity contribution in [2.45, 2.75) is 38.5 Å². The molecule has 124 valence electrons. The zero-order valence-corrected chi connectivity index (χ0v) is 14.8. The van der Waals surface area contributed by atoms with Crippen LogP contribution in [0.3, 0.4) is 0 Å². The third kappa shape index (κ3) is 4.69. The molecule has 5 nitrogen and oxygen atoms in total. The molecule has 0 bridgehead atoms. The maximum absolute atomic E-state index is 12.5. The van der Waals surface area contributed by atoms with E-state index < -0.39 is 10.0 Å². The molecule has 0 saturated heterocycles. The Hall–Kier alpha value is -1.11. The summed E-state index contributed by atoms with van der Waals surface area (Å²) >= 11 is 5.57. The molecule has 1 aromatic carbocycles. The van der Waals surface area contributed by atoms with Gasteiger partial charge in [0.1, 0.15) is 0 Å². The molecule has 1 N–H and O–H groups in total. The minimum atomic E-state index is -3.53. The molecule has 0 saturated carbocycles. The quantitative estimate of drug-likeness (QED) is 0.736. The van der Waals surface area contributed by atoms with Crippen LogP contribution in [0.4, 0.5) is 5.69 Å². The Bertz CT molecular complexity index is 613. The molecule has 7 heteroatoms. The van der Waals surface area contributed by atoms with Crippen molar-refractivity contribution in [1.29, 1.82) is 0 Å². The summed E-state index contributed by atoms with van der Waals surface area (Å²) < 4.78 is 26.4. The Morgan fingerprint density at radius 3 is 2.45 bits per heavy atom. The summed E-state index contributed by atoms with van der Waals surface area (Å²) in [5, 5.41) is 2.75. The molecule has 1 amide bonds. The summed E-state index contributed by atoms with van der Waals surface area (Å²) in [6.07, 6.45) is 0.903. The molecular formula is C15H23ClN2O3S. The molecule has 0 radical (unpaired) electrons. The summed E-state index contributed by atoms with van der Waals surface area (Å²) in [5.41, 5.74) is 1.34. The number of anilines is 1. The molecule has 0 aliphatic rings. The van der Waals surface area contributed by atoms with Gasteiger partial charge in [0, 0.05) is 31.1 Å². The smallest absolute Gasteiger partial charge is 0.243 e. The SMILES string of the molecule is CCN(CC)S(=O)(=O)c1ccc(C)c(NC(=O)CCCCl)c1. The van der Waals surface area contributed by atoms with E-state index in [0.717, 1.165) is 5.56 Å². The molecule has 0 heterocycles. The average Bonchev–Trinajstić information content (AvgIpc) is 2.48. The second-order valence-corrected chi connectivity index (χ2v) is 7.22. The van der Waals surface area contributed by atoms with E-state index in [-0.39, 0.29) is 10.8 Å². The lowest BCUT2D eigenvalue weighted by molar-refractivity contribution is -0.116. The van der Waals surface area contributed by atoms with Crippen molar-refractivity contribution >= 4 is 33.2 Å². The van der Waals surface area contributed by atoms with Gasteiger partial charge in [-0.3, -0.25) is 4.79 Å². The van der Waals surface area contributed by atoms with Crippen molar-refractivity contribution < 1.29 is 13.2 Å². The van der Waals surface area contributed by atoms with Gasteiger partial charge in [-0.15, -0.1) is 11.6 Å². The van der Waals surface area contributed by atoms with E-state index >= 15 is 0 Å². The predicted molar refractivity (Wildman–Crippen MR) is 89.9 cm³/mol. The van der Waals surface area contributed by atoms with E-state index in [0.29, 0.717) is 37.5 Å². The topological polar surface area (TPSA) is 66.5 Å². The minimum absolute atomic E-state index is 0.166. The number of nitrogens with one attached hydrogen (secondary N) is 1. The predicted octanol–water partition coefficient (Wildman–Crippen LogP) is 2.98. The zero-order chi connectivity index (χ0) is 16.8. The number of carbonyl (C=O) groups excluding carboxylic acids is 1. The van der Waals surface area contributed by atoms with Gasteiger partial charge in [0.2, 0.25) is 15.9 Å². The van der Waals surface area contributed by atoms with Gasteiger partial charge in [0.15, 0.2) is 0 Å². The number of nitrogens with zero attached hydrogens (tertiary/aromatic N) is 1. The van der Waals surface area contributed by atoms with Crippen LogP contribution in [0.25, 0.3) is 0 Å². The number of aryl methyl sites for hydroxylation is 1. The van der Waals surface area contributed by atoms with Gasteiger partial charge in [-0.05, 0) is 31.0 Å². The first kappa shape index (κ1) is 18.9. The normalized spacial score (nSPS) is 11.7. The molecule has 0 aliphatic carbocycles. The fourth-order valence-corrected chi connectivity index (χ4v) is 3.67. The fourth-order valence-electron chi connectivity index (χ4n) is 2.05. The molecular weight excluding hydrogens is 324 g/mol. The van der Waals surface area contributed by atoms with Gasteiger partial charge in [-0.1, -0.05) is 19.9 Å². The molecule has 0 atom stereocenters. The van der Waals surface area contributed by atoms with Gasteiger partial charge >= 0.3 is 0 Å². The Morgan fingerprint density at radius 2 is 1.91 bits per heavy atom. The number of sulfonamides is 1. The number of carbonyl (C=O) groups is 1. The van der Waals surface area contributed by atoms with E-state index in [1.807, 2.05) is 6.92 Å². The summed E-state index contributed by atoms with van der Waals surface area (Å²) in [5.74, 6) is 0.254. The minimum Gasteiger partial charge on any atom is -0.326 e. The first-order valence-electron chi connectivity index (χ1n) is 7.33. The second-order valence-electron chi connectivity index (χ2n) is 4.91. The van der Waals surface area contributed by atoms with E-state index in [1.54, 1.807) is 26.0 Å². The summed E-state index contributed by atoms with van der Waals surface area (Å²) in [4.78, 5) is 12.0. The summed E-state index contributed by atoms with van der Waals surface area (Å²) in [6.45, 7) is 6.23. The number of hydrogen-bond donors (Lipinski definition) is 1. The third-order valence-electron chi connectivity index (χ3n) is 3.36. The monoisotopic (exact) mass is 346 g/mol. The van der Waals surface area contributed by atoms with Gasteiger partial charge in [0.05, 0.1) is 4.90 Å². The van der Waals surface area contributed by atoms with E-state index in [4.69, 9.17) is 11.6 Å². The van der Waals surface area contributed by atoms with E-state index in [1.165, 1.54) is 10.4 Å². The molecule has 1 aromatic rings. The maximum atomic E-state index is 12.5. The standard InChI is InChI=1S/C15H23ClN2O3S/c1-4-18(5-2)22(20,21)13-9-8-12(3)14(11-13)17-15(19)7-6-10-16/h8-9,11H,4-7,10H2,1-3H3,(H,17,19). The van der Waals surface area contributed by atoms with Crippen molar-refractivity contribution in [2.75, 3.05) is 24.3 Å². The van der Waals surface area contributed by atoms with Crippen molar-refractivity contribution in [3.05, 3.63) is 23.8 Å². The number of hydrogen-bond acceptors (Lipinski definition) is 3. The molecule has 0 aliphatic heterocycles. The molecule has 0 unspecified atom stereocenters. The summed E-state index contributed by atoms with van der Waals surface area (Å²) in [7, 11) is -3.53. The van der Waals surface area contributed by atoms with Gasteiger partial charge in [0.25, 0.3) is 0 Å². The Balaban J connectivity index is 3.06. The lowest BCUT2D eigenvalue weighted by atomic mass is 10.2. The molecule has 0 aromatic heterocycles. The van der Waals surface area contributed by atoms with E-state index in [9.17, 15) is 13.2 Å². The lowest BCUT2D eigenvalue weighted by Crippen LogP contribution is -2.30. The van der Waals surface area contributed by atoms with Gasteiger partial charge in [-0.2, -0.15) is 4.31 Å². The van der Waals surface area contributed by atoms with Crippen LogP contribution in [-0.4, -0.2) is 37.6 Å². The molecule has 22 heavy (non-hydrogen) atoms. The van der Waals surface area contributed by atoms with Crippen molar-refractivity contribution in [3.8, 4) is 0 Å².